The molecule has 30 heavy (non-hydrogen) atoms. The number of furan rings is 2. The monoisotopic (exact) mass is 440 g/mol. The van der Waals surface area contributed by atoms with Crippen LogP contribution in [0.4, 0.5) is 0 Å². The second kappa shape index (κ2) is 9.11. The van der Waals surface area contributed by atoms with Gasteiger partial charge in [0, 0.05) is 15.3 Å². The molecule has 0 atom stereocenters. The third kappa shape index (κ3) is 4.87. The Morgan fingerprint density at radius 3 is 2.77 bits per heavy atom. The standard InChI is InChI=1S/C22H17ClN2O4S/c1-2-27-16-5-9-19-14(11-16)12-20(29-19)22(26)25-24-13-17-6-10-21(28-17)30-18-7-3-15(23)4-8-18/h3-13H,2H2,1H3,(H,25,26)/b24-13+. The summed E-state index contributed by atoms with van der Waals surface area (Å²) < 4.78 is 16.7. The van der Waals surface area contributed by atoms with Gasteiger partial charge in [-0.05, 0) is 67.6 Å². The molecule has 0 saturated heterocycles. The van der Waals surface area contributed by atoms with E-state index in [1.54, 1.807) is 24.3 Å². The van der Waals surface area contributed by atoms with Crippen LogP contribution < -0.4 is 10.2 Å². The predicted molar refractivity (Wildman–Crippen MR) is 117 cm³/mol. The maximum Gasteiger partial charge on any atom is 0.307 e. The molecule has 0 aliphatic rings. The highest BCUT2D eigenvalue weighted by molar-refractivity contribution is 7.99. The molecule has 1 N–H and O–H groups in total. The van der Waals surface area contributed by atoms with Gasteiger partial charge in [-0.15, -0.1) is 0 Å². The van der Waals surface area contributed by atoms with Crippen molar-refractivity contribution >= 4 is 46.5 Å². The van der Waals surface area contributed by atoms with Gasteiger partial charge in [0.15, 0.2) is 10.9 Å². The van der Waals surface area contributed by atoms with Gasteiger partial charge in [0.05, 0.1) is 12.8 Å². The molecule has 152 valence electrons. The van der Waals surface area contributed by atoms with Gasteiger partial charge in [0.2, 0.25) is 0 Å². The lowest BCUT2D eigenvalue weighted by Gasteiger charge is -2.00. The lowest BCUT2D eigenvalue weighted by Crippen LogP contribution is -2.16. The van der Waals surface area contributed by atoms with Crippen LogP contribution >= 0.6 is 23.4 Å². The Labute approximate surface area is 181 Å². The Balaban J connectivity index is 1.37. The molecule has 4 aromatic rings. The van der Waals surface area contributed by atoms with Crippen LogP contribution in [0.3, 0.4) is 0 Å². The third-order valence-corrected chi connectivity index (χ3v) is 5.20. The second-order valence-electron chi connectivity index (χ2n) is 6.16. The van der Waals surface area contributed by atoms with Gasteiger partial charge in [0.1, 0.15) is 17.1 Å². The SMILES string of the molecule is CCOc1ccc2oc(C(=O)N/N=C/c3ccc(Sc4ccc(Cl)cc4)o3)cc2c1. The largest absolute Gasteiger partial charge is 0.494 e. The summed E-state index contributed by atoms with van der Waals surface area (Å²) in [6.45, 7) is 2.48. The van der Waals surface area contributed by atoms with Crippen molar-refractivity contribution in [2.45, 2.75) is 16.9 Å². The lowest BCUT2D eigenvalue weighted by atomic mass is 10.2. The molecule has 0 saturated carbocycles. The van der Waals surface area contributed by atoms with Crippen molar-refractivity contribution in [3.63, 3.8) is 0 Å². The molecule has 2 aromatic carbocycles. The number of fused-ring (bicyclic) bond motifs is 1. The summed E-state index contributed by atoms with van der Waals surface area (Å²) in [5.41, 5.74) is 3.04. The zero-order chi connectivity index (χ0) is 20.9. The molecule has 0 unspecified atom stereocenters. The molecule has 0 aliphatic heterocycles. The third-order valence-electron chi connectivity index (χ3n) is 4.01. The van der Waals surface area contributed by atoms with Crippen molar-refractivity contribution in [2.75, 3.05) is 6.61 Å². The van der Waals surface area contributed by atoms with Crippen molar-refractivity contribution in [3.05, 3.63) is 77.2 Å². The van der Waals surface area contributed by atoms with Crippen molar-refractivity contribution in [1.29, 1.82) is 0 Å². The van der Waals surface area contributed by atoms with E-state index >= 15 is 0 Å². The van der Waals surface area contributed by atoms with E-state index in [1.807, 2.05) is 43.3 Å². The summed E-state index contributed by atoms with van der Waals surface area (Å²) >= 11 is 7.35. The van der Waals surface area contributed by atoms with E-state index in [4.69, 9.17) is 25.2 Å². The Kier molecular flexibility index (Phi) is 6.11. The topological polar surface area (TPSA) is 77.0 Å². The Bertz CT molecular complexity index is 1200. The van der Waals surface area contributed by atoms with E-state index in [-0.39, 0.29) is 5.76 Å². The van der Waals surface area contributed by atoms with E-state index in [0.717, 1.165) is 16.0 Å². The van der Waals surface area contributed by atoms with Crippen LogP contribution in [0.15, 0.2) is 84.6 Å². The molecule has 6 nitrogen and oxygen atoms in total. The minimum Gasteiger partial charge on any atom is -0.494 e. The van der Waals surface area contributed by atoms with Gasteiger partial charge in [0.25, 0.3) is 0 Å². The molecule has 8 heteroatoms. The average molecular weight is 441 g/mol. The summed E-state index contributed by atoms with van der Waals surface area (Å²) in [5, 5.41) is 6.10. The summed E-state index contributed by atoms with van der Waals surface area (Å²) in [6.07, 6.45) is 1.43. The van der Waals surface area contributed by atoms with Crippen LogP contribution in [0.5, 0.6) is 5.75 Å². The number of ether oxygens (including phenoxy) is 1. The van der Waals surface area contributed by atoms with Crippen molar-refractivity contribution < 1.29 is 18.4 Å². The predicted octanol–water partition coefficient (Wildman–Crippen LogP) is 5.99. The average Bonchev–Trinajstić information content (AvgIpc) is 3.36. The quantitative estimate of drug-likeness (QED) is 0.282. The van der Waals surface area contributed by atoms with Crippen LogP contribution in [-0.2, 0) is 0 Å². The highest BCUT2D eigenvalue weighted by Crippen LogP contribution is 2.29. The molecule has 0 aliphatic carbocycles. The van der Waals surface area contributed by atoms with Crippen LogP contribution in [0.25, 0.3) is 11.0 Å². The molecular weight excluding hydrogens is 424 g/mol. The first-order valence-corrected chi connectivity index (χ1v) is 10.3. The first-order valence-electron chi connectivity index (χ1n) is 9.14. The molecule has 0 radical (unpaired) electrons. The number of carbonyl (C=O) groups excluding carboxylic acids is 1. The fourth-order valence-electron chi connectivity index (χ4n) is 2.68. The van der Waals surface area contributed by atoms with Gasteiger partial charge in [-0.1, -0.05) is 23.4 Å². The van der Waals surface area contributed by atoms with Gasteiger partial charge < -0.3 is 13.6 Å². The van der Waals surface area contributed by atoms with Crippen molar-refractivity contribution in [1.82, 2.24) is 5.43 Å². The number of benzene rings is 2. The van der Waals surface area contributed by atoms with Crippen LogP contribution in [-0.4, -0.2) is 18.7 Å². The van der Waals surface area contributed by atoms with Crippen molar-refractivity contribution in [3.8, 4) is 5.75 Å². The number of hydrogen-bond donors (Lipinski definition) is 1. The number of nitrogens with one attached hydrogen (secondary N) is 1. The van der Waals surface area contributed by atoms with E-state index in [1.165, 1.54) is 18.0 Å². The molecule has 2 aromatic heterocycles. The number of rotatable bonds is 7. The zero-order valence-corrected chi connectivity index (χ0v) is 17.5. The number of hydrogen-bond acceptors (Lipinski definition) is 6. The smallest absolute Gasteiger partial charge is 0.307 e. The summed E-state index contributed by atoms with van der Waals surface area (Å²) in [7, 11) is 0. The fraction of sp³-hybridized carbons (Fsp3) is 0.0909. The summed E-state index contributed by atoms with van der Waals surface area (Å²) in [5.74, 6) is 0.940. The number of halogens is 1. The molecule has 4 rings (SSSR count). The van der Waals surface area contributed by atoms with Gasteiger partial charge in [-0.25, -0.2) is 5.43 Å². The summed E-state index contributed by atoms with van der Waals surface area (Å²) in [4.78, 5) is 13.3. The minimum atomic E-state index is -0.456. The van der Waals surface area contributed by atoms with Gasteiger partial charge in [-0.2, -0.15) is 5.10 Å². The van der Waals surface area contributed by atoms with E-state index in [0.29, 0.717) is 28.1 Å². The molecule has 0 fully saturated rings. The van der Waals surface area contributed by atoms with Gasteiger partial charge in [-0.3, -0.25) is 4.79 Å². The number of hydrazone groups is 1. The molecule has 2 heterocycles. The highest BCUT2D eigenvalue weighted by atomic mass is 35.5. The normalized spacial score (nSPS) is 11.3. The number of carbonyl (C=O) groups is 1. The van der Waals surface area contributed by atoms with E-state index in [2.05, 4.69) is 10.5 Å². The van der Waals surface area contributed by atoms with E-state index in [9.17, 15) is 4.79 Å². The van der Waals surface area contributed by atoms with Gasteiger partial charge >= 0.3 is 5.91 Å². The second-order valence-corrected chi connectivity index (χ2v) is 7.67. The Morgan fingerprint density at radius 1 is 1.13 bits per heavy atom. The summed E-state index contributed by atoms with van der Waals surface area (Å²) in [6, 6.07) is 18.1. The lowest BCUT2D eigenvalue weighted by molar-refractivity contribution is 0.0929. The van der Waals surface area contributed by atoms with E-state index < -0.39 is 5.91 Å². The minimum absolute atomic E-state index is 0.161. The first-order chi connectivity index (χ1) is 14.6. The Morgan fingerprint density at radius 2 is 1.97 bits per heavy atom. The maximum absolute atomic E-state index is 12.3. The molecule has 0 bridgehead atoms. The highest BCUT2D eigenvalue weighted by Gasteiger charge is 2.12. The van der Waals surface area contributed by atoms with Crippen LogP contribution in [0.2, 0.25) is 5.02 Å². The maximum atomic E-state index is 12.3. The number of nitrogens with zero attached hydrogens (tertiary/aromatic N) is 1. The molecule has 1 amide bonds. The molecule has 0 spiro atoms. The van der Waals surface area contributed by atoms with Crippen molar-refractivity contribution in [2.24, 2.45) is 5.10 Å². The number of amides is 1. The van der Waals surface area contributed by atoms with Crippen LogP contribution in [0, 0.1) is 0 Å². The Hall–Kier alpha value is -3.16. The van der Waals surface area contributed by atoms with Crippen LogP contribution in [0.1, 0.15) is 23.2 Å². The fourth-order valence-corrected chi connectivity index (χ4v) is 3.58. The first kappa shape index (κ1) is 20.1. The zero-order valence-electron chi connectivity index (χ0n) is 15.9. The molecular formula is C22H17ClN2O4S.